The molecule has 7 nitrogen and oxygen atoms in total. The maximum Gasteiger partial charge on any atom is 0.414 e. The molecule has 2 saturated heterocycles. The first-order chi connectivity index (χ1) is 12.3. The second-order valence-electron chi connectivity index (χ2n) is 6.75. The maximum absolute atomic E-state index is 14.6. The lowest BCUT2D eigenvalue weighted by molar-refractivity contribution is -0.123. The van der Waals surface area contributed by atoms with Crippen LogP contribution < -0.4 is 15.1 Å². The molecule has 1 aromatic carbocycles. The third-order valence-corrected chi connectivity index (χ3v) is 4.71. The van der Waals surface area contributed by atoms with Gasteiger partial charge in [0.05, 0.1) is 24.5 Å². The number of ketones is 1. The molecule has 8 heteroatoms. The molecule has 1 aromatic rings. The fourth-order valence-electron chi connectivity index (χ4n) is 3.25. The number of amides is 2. The summed E-state index contributed by atoms with van der Waals surface area (Å²) >= 11 is 0. The van der Waals surface area contributed by atoms with E-state index in [2.05, 4.69) is 5.32 Å². The van der Waals surface area contributed by atoms with Gasteiger partial charge in [-0.2, -0.15) is 0 Å². The van der Waals surface area contributed by atoms with Crippen LogP contribution in [0.15, 0.2) is 18.2 Å². The number of benzene rings is 1. The summed E-state index contributed by atoms with van der Waals surface area (Å²) in [4.78, 5) is 37.8. The molecule has 2 aliphatic heterocycles. The van der Waals surface area contributed by atoms with E-state index >= 15 is 0 Å². The number of halogens is 1. The molecule has 140 valence electrons. The number of hydrogen-bond acceptors (Lipinski definition) is 5. The largest absolute Gasteiger partial charge is 0.442 e. The van der Waals surface area contributed by atoms with Gasteiger partial charge in [0.25, 0.3) is 0 Å². The number of nitrogens with zero attached hydrogens (tertiary/aromatic N) is 2. The SMILES string of the molecule is CC(=O)NC[C@H]1CN(c2ccc(N3CCC(=O)C(C)C3)c(F)c2)C(=O)O1. The molecule has 0 aromatic heterocycles. The predicted molar refractivity (Wildman–Crippen MR) is 93.7 cm³/mol. The predicted octanol–water partition coefficient (Wildman–Crippen LogP) is 1.70. The van der Waals surface area contributed by atoms with Crippen molar-refractivity contribution < 1.29 is 23.5 Å². The lowest BCUT2D eigenvalue weighted by Crippen LogP contribution is -2.40. The number of rotatable bonds is 4. The summed E-state index contributed by atoms with van der Waals surface area (Å²) in [6.07, 6.45) is -0.626. The molecule has 0 bridgehead atoms. The Kier molecular flexibility index (Phi) is 5.11. The quantitative estimate of drug-likeness (QED) is 0.881. The number of ether oxygens (including phenoxy) is 1. The van der Waals surface area contributed by atoms with E-state index in [0.29, 0.717) is 30.9 Å². The van der Waals surface area contributed by atoms with Crippen LogP contribution in [-0.4, -0.2) is 50.1 Å². The molecular weight excluding hydrogens is 341 g/mol. The minimum absolute atomic E-state index is 0.120. The Morgan fingerprint density at radius 2 is 2.12 bits per heavy atom. The van der Waals surface area contributed by atoms with Crippen molar-refractivity contribution in [2.24, 2.45) is 5.92 Å². The fraction of sp³-hybridized carbons (Fsp3) is 0.500. The third-order valence-electron chi connectivity index (χ3n) is 4.71. The zero-order valence-electron chi connectivity index (χ0n) is 14.8. The Labute approximate surface area is 151 Å². The van der Waals surface area contributed by atoms with Crippen molar-refractivity contribution in [2.45, 2.75) is 26.4 Å². The first kappa shape index (κ1) is 18.2. The van der Waals surface area contributed by atoms with Gasteiger partial charge in [-0.1, -0.05) is 6.92 Å². The van der Waals surface area contributed by atoms with E-state index in [4.69, 9.17) is 4.74 Å². The van der Waals surface area contributed by atoms with Crippen molar-refractivity contribution in [1.82, 2.24) is 5.32 Å². The molecule has 26 heavy (non-hydrogen) atoms. The molecular formula is C18H22FN3O4. The molecule has 2 atom stereocenters. The molecule has 0 radical (unpaired) electrons. The lowest BCUT2D eigenvalue weighted by atomic mass is 9.98. The van der Waals surface area contributed by atoms with Crippen LogP contribution in [0.3, 0.4) is 0 Å². The summed E-state index contributed by atoms with van der Waals surface area (Å²) in [6, 6.07) is 4.60. The molecule has 0 saturated carbocycles. The van der Waals surface area contributed by atoms with Gasteiger partial charge in [0, 0.05) is 32.4 Å². The number of carbonyl (C=O) groups excluding carboxylic acids is 3. The molecule has 3 rings (SSSR count). The van der Waals surface area contributed by atoms with E-state index in [9.17, 15) is 18.8 Å². The second kappa shape index (κ2) is 7.31. The van der Waals surface area contributed by atoms with Gasteiger partial charge in [-0.15, -0.1) is 0 Å². The molecule has 2 aliphatic rings. The summed E-state index contributed by atoms with van der Waals surface area (Å²) in [6.45, 7) is 4.67. The van der Waals surface area contributed by atoms with E-state index in [1.165, 1.54) is 17.9 Å². The molecule has 2 heterocycles. The topological polar surface area (TPSA) is 79.0 Å². The number of anilines is 2. The van der Waals surface area contributed by atoms with Gasteiger partial charge < -0.3 is 15.0 Å². The Bertz CT molecular complexity index is 739. The summed E-state index contributed by atoms with van der Waals surface area (Å²) in [5.74, 6) is -0.569. The highest BCUT2D eigenvalue weighted by molar-refractivity contribution is 5.90. The Morgan fingerprint density at radius 1 is 1.35 bits per heavy atom. The Morgan fingerprint density at radius 3 is 2.77 bits per heavy atom. The maximum atomic E-state index is 14.6. The van der Waals surface area contributed by atoms with Gasteiger partial charge in [-0.25, -0.2) is 9.18 Å². The van der Waals surface area contributed by atoms with Crippen LogP contribution in [0.4, 0.5) is 20.6 Å². The van der Waals surface area contributed by atoms with Crippen molar-refractivity contribution in [2.75, 3.05) is 36.0 Å². The van der Waals surface area contributed by atoms with Crippen LogP contribution >= 0.6 is 0 Å². The molecule has 1 unspecified atom stereocenters. The van der Waals surface area contributed by atoms with Crippen LogP contribution in [0.1, 0.15) is 20.3 Å². The smallest absolute Gasteiger partial charge is 0.414 e. The lowest BCUT2D eigenvalue weighted by Gasteiger charge is -2.32. The van der Waals surface area contributed by atoms with Gasteiger partial charge in [-0.05, 0) is 18.2 Å². The van der Waals surface area contributed by atoms with Crippen molar-refractivity contribution >= 4 is 29.2 Å². The average molecular weight is 363 g/mol. The zero-order chi connectivity index (χ0) is 18.8. The Balaban J connectivity index is 1.70. The number of cyclic esters (lactones) is 1. The van der Waals surface area contributed by atoms with Crippen molar-refractivity contribution in [1.29, 1.82) is 0 Å². The fourth-order valence-corrected chi connectivity index (χ4v) is 3.25. The molecule has 0 spiro atoms. The van der Waals surface area contributed by atoms with Crippen molar-refractivity contribution in [3.63, 3.8) is 0 Å². The monoisotopic (exact) mass is 363 g/mol. The van der Waals surface area contributed by atoms with Gasteiger partial charge in [0.15, 0.2) is 0 Å². The van der Waals surface area contributed by atoms with Crippen LogP contribution in [0, 0.1) is 11.7 Å². The highest BCUT2D eigenvalue weighted by Crippen LogP contribution is 2.29. The summed E-state index contributed by atoms with van der Waals surface area (Å²) in [5, 5.41) is 2.60. The highest BCUT2D eigenvalue weighted by atomic mass is 19.1. The minimum Gasteiger partial charge on any atom is -0.442 e. The molecule has 2 fully saturated rings. The standard InChI is InChI=1S/C18H22FN3O4/c1-11-9-21(6-5-17(11)24)16-4-3-13(7-15(16)19)22-10-14(26-18(22)25)8-20-12(2)23/h3-4,7,11,14H,5-6,8-10H2,1-2H3,(H,20,23)/t11?,14-/m0/s1. The molecule has 1 N–H and O–H groups in total. The van der Waals surface area contributed by atoms with Crippen LogP contribution in [0.5, 0.6) is 0 Å². The highest BCUT2D eigenvalue weighted by Gasteiger charge is 2.33. The Hall–Kier alpha value is -2.64. The van der Waals surface area contributed by atoms with Gasteiger partial charge in [-0.3, -0.25) is 14.5 Å². The first-order valence-corrected chi connectivity index (χ1v) is 8.65. The van der Waals surface area contributed by atoms with E-state index in [1.807, 2.05) is 11.8 Å². The molecule has 2 amide bonds. The van der Waals surface area contributed by atoms with E-state index in [1.54, 1.807) is 12.1 Å². The van der Waals surface area contributed by atoms with Gasteiger partial charge in [0.2, 0.25) is 5.91 Å². The number of piperidine rings is 1. The van der Waals surface area contributed by atoms with Crippen LogP contribution in [0.2, 0.25) is 0 Å². The minimum atomic E-state index is -0.565. The van der Waals surface area contributed by atoms with E-state index in [-0.39, 0.29) is 30.7 Å². The first-order valence-electron chi connectivity index (χ1n) is 8.65. The summed E-state index contributed by atoms with van der Waals surface area (Å²) in [7, 11) is 0. The molecule has 0 aliphatic carbocycles. The number of hydrogen-bond donors (Lipinski definition) is 1. The normalized spacial score (nSPS) is 23.2. The number of Topliss-reactive ketones (excluding diaryl/α,β-unsaturated/α-hetero) is 1. The van der Waals surface area contributed by atoms with Crippen molar-refractivity contribution in [3.05, 3.63) is 24.0 Å². The van der Waals surface area contributed by atoms with Crippen molar-refractivity contribution in [3.8, 4) is 0 Å². The second-order valence-corrected chi connectivity index (χ2v) is 6.75. The number of nitrogens with one attached hydrogen (secondary N) is 1. The van der Waals surface area contributed by atoms with Crippen LogP contribution in [-0.2, 0) is 14.3 Å². The summed E-state index contributed by atoms with van der Waals surface area (Å²) in [5.41, 5.74) is 0.832. The van der Waals surface area contributed by atoms with E-state index in [0.717, 1.165) is 0 Å². The third kappa shape index (κ3) is 3.79. The van der Waals surface area contributed by atoms with Crippen LogP contribution in [0.25, 0.3) is 0 Å². The average Bonchev–Trinajstić information content (AvgIpc) is 2.96. The summed E-state index contributed by atoms with van der Waals surface area (Å²) < 4.78 is 19.8. The zero-order valence-corrected chi connectivity index (χ0v) is 14.8. The van der Waals surface area contributed by atoms with Gasteiger partial charge in [0.1, 0.15) is 17.7 Å². The van der Waals surface area contributed by atoms with Gasteiger partial charge >= 0.3 is 6.09 Å². The number of carbonyl (C=O) groups is 3. The van der Waals surface area contributed by atoms with E-state index < -0.39 is 18.0 Å².